The lowest BCUT2D eigenvalue weighted by Gasteiger charge is -2.30. The normalized spacial score (nSPS) is 21.3. The zero-order chi connectivity index (χ0) is 13.1. The molecule has 0 aromatic carbocycles. The van der Waals surface area contributed by atoms with Crippen LogP contribution in [-0.4, -0.2) is 37.5 Å². The Morgan fingerprint density at radius 3 is 2.65 bits per heavy atom. The van der Waals surface area contributed by atoms with E-state index in [4.69, 9.17) is 0 Å². The van der Waals surface area contributed by atoms with Crippen LogP contribution in [0, 0.1) is 17.3 Å². The van der Waals surface area contributed by atoms with Crippen LogP contribution in [0.1, 0.15) is 40.5 Å². The number of carbonyl (C=O) groups excluding carboxylic acids is 1. The maximum Gasteiger partial charge on any atom is 0.228 e. The molecule has 100 valence electrons. The fraction of sp³-hybridized carbons (Fsp3) is 0.929. The number of hydrogen-bond donors (Lipinski definition) is 1. The summed E-state index contributed by atoms with van der Waals surface area (Å²) in [6.45, 7) is 11.4. The molecule has 0 aliphatic carbocycles. The van der Waals surface area contributed by atoms with Gasteiger partial charge in [0.2, 0.25) is 5.91 Å². The van der Waals surface area contributed by atoms with Crippen molar-refractivity contribution in [3.05, 3.63) is 0 Å². The van der Waals surface area contributed by atoms with Crippen molar-refractivity contribution in [1.82, 2.24) is 10.2 Å². The summed E-state index contributed by atoms with van der Waals surface area (Å²) < 4.78 is 0. The Kier molecular flexibility index (Phi) is 4.99. The SMILES string of the molecule is CNCC1CCN(C(=O)C(C)(C)CC(C)C)C1. The molecule has 1 amide bonds. The number of likely N-dealkylation sites (tertiary alicyclic amines) is 1. The first-order valence-electron chi connectivity index (χ1n) is 6.80. The molecule has 0 aromatic rings. The summed E-state index contributed by atoms with van der Waals surface area (Å²) in [5.74, 6) is 1.55. The van der Waals surface area contributed by atoms with Crippen molar-refractivity contribution in [2.75, 3.05) is 26.7 Å². The van der Waals surface area contributed by atoms with Crippen LogP contribution in [0.15, 0.2) is 0 Å². The van der Waals surface area contributed by atoms with Crippen molar-refractivity contribution in [2.24, 2.45) is 17.3 Å². The molecule has 1 aliphatic rings. The molecule has 1 saturated heterocycles. The van der Waals surface area contributed by atoms with Crippen LogP contribution in [0.2, 0.25) is 0 Å². The summed E-state index contributed by atoms with van der Waals surface area (Å²) in [5, 5.41) is 3.20. The summed E-state index contributed by atoms with van der Waals surface area (Å²) in [7, 11) is 1.98. The minimum Gasteiger partial charge on any atom is -0.342 e. The van der Waals surface area contributed by atoms with E-state index in [1.165, 1.54) is 0 Å². The van der Waals surface area contributed by atoms with Crippen molar-refractivity contribution in [2.45, 2.75) is 40.5 Å². The largest absolute Gasteiger partial charge is 0.342 e. The molecule has 0 bridgehead atoms. The predicted molar refractivity (Wildman–Crippen MR) is 71.8 cm³/mol. The molecule has 3 heteroatoms. The summed E-state index contributed by atoms with van der Waals surface area (Å²) >= 11 is 0. The molecule has 17 heavy (non-hydrogen) atoms. The number of hydrogen-bond acceptors (Lipinski definition) is 2. The maximum absolute atomic E-state index is 12.5. The molecule has 1 unspecified atom stereocenters. The highest BCUT2D eigenvalue weighted by molar-refractivity contribution is 5.82. The maximum atomic E-state index is 12.5. The first kappa shape index (κ1) is 14.5. The molecule has 0 aromatic heterocycles. The van der Waals surface area contributed by atoms with Crippen LogP contribution < -0.4 is 5.32 Å². The van der Waals surface area contributed by atoms with Gasteiger partial charge < -0.3 is 10.2 Å². The van der Waals surface area contributed by atoms with Crippen LogP contribution in [0.4, 0.5) is 0 Å². The standard InChI is InChI=1S/C14H28N2O/c1-11(2)8-14(3,4)13(17)16-7-6-12(10-16)9-15-5/h11-12,15H,6-10H2,1-5H3. The lowest BCUT2D eigenvalue weighted by Crippen LogP contribution is -2.40. The minimum atomic E-state index is -0.206. The van der Waals surface area contributed by atoms with Gasteiger partial charge in [-0.15, -0.1) is 0 Å². The Labute approximate surface area is 106 Å². The van der Waals surface area contributed by atoms with Crippen molar-refractivity contribution in [3.63, 3.8) is 0 Å². The number of nitrogens with one attached hydrogen (secondary N) is 1. The highest BCUT2D eigenvalue weighted by atomic mass is 16.2. The number of rotatable bonds is 5. The summed E-state index contributed by atoms with van der Waals surface area (Å²) in [6.07, 6.45) is 2.11. The van der Waals surface area contributed by atoms with Gasteiger partial charge in [-0.2, -0.15) is 0 Å². The van der Waals surface area contributed by atoms with Gasteiger partial charge in [-0.25, -0.2) is 0 Å². The highest BCUT2D eigenvalue weighted by Gasteiger charge is 2.35. The van der Waals surface area contributed by atoms with Crippen molar-refractivity contribution >= 4 is 5.91 Å². The van der Waals surface area contributed by atoms with Crippen molar-refractivity contribution in [1.29, 1.82) is 0 Å². The zero-order valence-corrected chi connectivity index (χ0v) is 12.0. The van der Waals surface area contributed by atoms with E-state index in [1.54, 1.807) is 0 Å². The smallest absolute Gasteiger partial charge is 0.228 e. The fourth-order valence-corrected chi connectivity index (χ4v) is 3.01. The van der Waals surface area contributed by atoms with Gasteiger partial charge in [-0.05, 0) is 38.3 Å². The van der Waals surface area contributed by atoms with Crippen LogP contribution in [0.3, 0.4) is 0 Å². The van der Waals surface area contributed by atoms with Crippen LogP contribution in [0.25, 0.3) is 0 Å². The van der Waals surface area contributed by atoms with E-state index in [0.717, 1.165) is 32.5 Å². The van der Waals surface area contributed by atoms with E-state index in [1.807, 2.05) is 7.05 Å². The minimum absolute atomic E-state index is 0.206. The Hall–Kier alpha value is -0.570. The summed E-state index contributed by atoms with van der Waals surface area (Å²) in [5.41, 5.74) is -0.206. The zero-order valence-electron chi connectivity index (χ0n) is 12.0. The lowest BCUT2D eigenvalue weighted by atomic mass is 9.82. The van der Waals surface area contributed by atoms with E-state index in [0.29, 0.717) is 17.7 Å². The Bertz CT molecular complexity index is 261. The molecule has 1 aliphatic heterocycles. The van der Waals surface area contributed by atoms with Crippen molar-refractivity contribution < 1.29 is 4.79 Å². The molecule has 1 rings (SSSR count). The van der Waals surface area contributed by atoms with Gasteiger partial charge >= 0.3 is 0 Å². The van der Waals surface area contributed by atoms with E-state index >= 15 is 0 Å². The van der Waals surface area contributed by atoms with E-state index in [2.05, 4.69) is 37.9 Å². The van der Waals surface area contributed by atoms with E-state index < -0.39 is 0 Å². The fourth-order valence-electron chi connectivity index (χ4n) is 3.01. The molecular formula is C14H28N2O. The Morgan fingerprint density at radius 1 is 1.47 bits per heavy atom. The Morgan fingerprint density at radius 2 is 2.12 bits per heavy atom. The molecule has 0 radical (unpaired) electrons. The molecule has 1 fully saturated rings. The molecule has 1 N–H and O–H groups in total. The topological polar surface area (TPSA) is 32.3 Å². The summed E-state index contributed by atoms with van der Waals surface area (Å²) in [6, 6.07) is 0. The molecule has 0 spiro atoms. The number of nitrogens with zero attached hydrogens (tertiary/aromatic N) is 1. The lowest BCUT2D eigenvalue weighted by molar-refractivity contribution is -0.140. The monoisotopic (exact) mass is 240 g/mol. The second kappa shape index (κ2) is 5.85. The van der Waals surface area contributed by atoms with Gasteiger partial charge in [-0.1, -0.05) is 27.7 Å². The molecule has 0 saturated carbocycles. The quantitative estimate of drug-likeness (QED) is 0.798. The highest BCUT2D eigenvalue weighted by Crippen LogP contribution is 2.30. The Balaban J connectivity index is 2.53. The first-order chi connectivity index (χ1) is 7.86. The van der Waals surface area contributed by atoms with Gasteiger partial charge in [0.05, 0.1) is 0 Å². The summed E-state index contributed by atoms with van der Waals surface area (Å²) in [4.78, 5) is 14.5. The average Bonchev–Trinajstić information content (AvgIpc) is 2.63. The predicted octanol–water partition coefficient (Wildman–Crippen LogP) is 2.13. The van der Waals surface area contributed by atoms with Crippen LogP contribution >= 0.6 is 0 Å². The van der Waals surface area contributed by atoms with Gasteiger partial charge in [0, 0.05) is 18.5 Å². The van der Waals surface area contributed by atoms with Gasteiger partial charge in [-0.3, -0.25) is 4.79 Å². The second-order valence-corrected chi connectivity index (χ2v) is 6.45. The van der Waals surface area contributed by atoms with Crippen LogP contribution in [-0.2, 0) is 4.79 Å². The molecule has 1 atom stereocenters. The van der Waals surface area contributed by atoms with Gasteiger partial charge in [0.1, 0.15) is 0 Å². The molecule has 1 heterocycles. The van der Waals surface area contributed by atoms with Gasteiger partial charge in [0.25, 0.3) is 0 Å². The van der Waals surface area contributed by atoms with Crippen LogP contribution in [0.5, 0.6) is 0 Å². The third kappa shape index (κ3) is 3.98. The van der Waals surface area contributed by atoms with Gasteiger partial charge in [0.15, 0.2) is 0 Å². The number of carbonyl (C=O) groups is 1. The van der Waals surface area contributed by atoms with Crippen molar-refractivity contribution in [3.8, 4) is 0 Å². The molecule has 3 nitrogen and oxygen atoms in total. The first-order valence-corrected chi connectivity index (χ1v) is 6.80. The average molecular weight is 240 g/mol. The second-order valence-electron chi connectivity index (χ2n) is 6.45. The van der Waals surface area contributed by atoms with E-state index in [9.17, 15) is 4.79 Å². The third-order valence-electron chi connectivity index (χ3n) is 3.56. The third-order valence-corrected chi connectivity index (χ3v) is 3.56. The number of amides is 1. The molecular weight excluding hydrogens is 212 g/mol. The van der Waals surface area contributed by atoms with E-state index in [-0.39, 0.29) is 5.41 Å².